The second-order valence-electron chi connectivity index (χ2n) is 4.61. The third-order valence-corrected chi connectivity index (χ3v) is 3.16. The number of ether oxygens (including phenoxy) is 1. The molecule has 0 aliphatic carbocycles. The van der Waals surface area contributed by atoms with Gasteiger partial charge in [-0.1, -0.05) is 18.2 Å². The summed E-state index contributed by atoms with van der Waals surface area (Å²) in [5.41, 5.74) is 0.734. The number of rotatable bonds is 4. The minimum atomic E-state index is -0.748. The lowest BCUT2D eigenvalue weighted by molar-refractivity contribution is 0.0521. The summed E-state index contributed by atoms with van der Waals surface area (Å²) in [5.74, 6) is -1.67. The largest absolute Gasteiger partial charge is 0.462 e. The Morgan fingerprint density at radius 2 is 1.82 bits per heavy atom. The van der Waals surface area contributed by atoms with Crippen LogP contribution in [0.2, 0.25) is 0 Å². The molecular formula is C17H16FNO3. The molecule has 2 aromatic rings. The molecule has 0 aliphatic rings. The molecule has 2 aromatic carbocycles. The Morgan fingerprint density at radius 3 is 2.45 bits per heavy atom. The van der Waals surface area contributed by atoms with Crippen molar-refractivity contribution in [3.05, 3.63) is 65.5 Å². The highest BCUT2D eigenvalue weighted by molar-refractivity contribution is 6.06. The molecule has 0 bridgehead atoms. The van der Waals surface area contributed by atoms with Crippen molar-refractivity contribution >= 4 is 17.6 Å². The maximum absolute atomic E-state index is 13.7. The number of esters is 1. The van der Waals surface area contributed by atoms with Crippen LogP contribution in [0.5, 0.6) is 0 Å². The highest BCUT2D eigenvalue weighted by Crippen LogP contribution is 2.20. The molecule has 22 heavy (non-hydrogen) atoms. The Balaban J connectivity index is 2.30. The van der Waals surface area contributed by atoms with Gasteiger partial charge in [-0.3, -0.25) is 4.79 Å². The molecule has 0 saturated heterocycles. The Morgan fingerprint density at radius 1 is 1.14 bits per heavy atom. The molecule has 0 fully saturated rings. The van der Waals surface area contributed by atoms with Crippen molar-refractivity contribution in [2.75, 3.05) is 18.6 Å². The summed E-state index contributed by atoms with van der Waals surface area (Å²) >= 11 is 0. The Hall–Kier alpha value is -2.69. The van der Waals surface area contributed by atoms with Crippen molar-refractivity contribution in [3.63, 3.8) is 0 Å². The van der Waals surface area contributed by atoms with Gasteiger partial charge >= 0.3 is 5.97 Å². The van der Waals surface area contributed by atoms with E-state index in [1.54, 1.807) is 38.2 Å². The molecule has 4 nitrogen and oxygen atoms in total. The third-order valence-electron chi connectivity index (χ3n) is 3.16. The first-order chi connectivity index (χ1) is 10.5. The predicted molar refractivity (Wildman–Crippen MR) is 81.5 cm³/mol. The lowest BCUT2D eigenvalue weighted by Gasteiger charge is -2.18. The molecule has 0 atom stereocenters. The molecule has 0 spiro atoms. The number of benzene rings is 2. The molecule has 0 aliphatic heterocycles. The van der Waals surface area contributed by atoms with Crippen molar-refractivity contribution in [2.45, 2.75) is 6.92 Å². The zero-order valence-corrected chi connectivity index (χ0v) is 12.4. The number of carbonyl (C=O) groups is 2. The van der Waals surface area contributed by atoms with Gasteiger partial charge in [0.25, 0.3) is 5.91 Å². The van der Waals surface area contributed by atoms with Gasteiger partial charge in [0.2, 0.25) is 0 Å². The molecule has 0 aromatic heterocycles. The van der Waals surface area contributed by atoms with E-state index in [1.165, 1.54) is 17.0 Å². The van der Waals surface area contributed by atoms with Crippen LogP contribution in [-0.2, 0) is 4.74 Å². The fourth-order valence-corrected chi connectivity index (χ4v) is 1.98. The normalized spacial score (nSPS) is 10.1. The van der Waals surface area contributed by atoms with E-state index in [1.807, 2.05) is 6.07 Å². The molecule has 2 rings (SSSR count). The number of carbonyl (C=O) groups excluding carboxylic acids is 2. The van der Waals surface area contributed by atoms with Gasteiger partial charge in [0.15, 0.2) is 0 Å². The van der Waals surface area contributed by atoms with E-state index in [4.69, 9.17) is 4.74 Å². The van der Waals surface area contributed by atoms with E-state index in [2.05, 4.69) is 0 Å². The van der Waals surface area contributed by atoms with Crippen LogP contribution in [0.25, 0.3) is 0 Å². The molecule has 0 saturated carbocycles. The second-order valence-corrected chi connectivity index (χ2v) is 4.61. The molecule has 0 radical (unpaired) electrons. The van der Waals surface area contributed by atoms with Gasteiger partial charge in [0, 0.05) is 18.3 Å². The van der Waals surface area contributed by atoms with Crippen LogP contribution in [0.1, 0.15) is 27.6 Å². The fraction of sp³-hybridized carbons (Fsp3) is 0.176. The van der Waals surface area contributed by atoms with Crippen LogP contribution in [0.15, 0.2) is 48.5 Å². The van der Waals surface area contributed by atoms with E-state index in [-0.39, 0.29) is 18.1 Å². The minimum Gasteiger partial charge on any atom is -0.462 e. The Kier molecular flexibility index (Phi) is 4.88. The van der Waals surface area contributed by atoms with Gasteiger partial charge in [-0.25, -0.2) is 9.18 Å². The second kappa shape index (κ2) is 6.85. The molecule has 5 heteroatoms. The molecule has 0 N–H and O–H groups in total. The van der Waals surface area contributed by atoms with Crippen molar-refractivity contribution in [3.8, 4) is 0 Å². The number of anilines is 1. The van der Waals surface area contributed by atoms with E-state index in [0.717, 1.165) is 6.07 Å². The van der Waals surface area contributed by atoms with E-state index in [9.17, 15) is 14.0 Å². The van der Waals surface area contributed by atoms with Crippen molar-refractivity contribution < 1.29 is 18.7 Å². The fourth-order valence-electron chi connectivity index (χ4n) is 1.98. The van der Waals surface area contributed by atoms with Crippen LogP contribution in [0.3, 0.4) is 0 Å². The average Bonchev–Trinajstić information content (AvgIpc) is 2.55. The average molecular weight is 301 g/mol. The SMILES string of the molecule is CCOC(=O)c1cc(N(C)C(=O)c2ccccc2)ccc1F. The number of amides is 1. The number of hydrogen-bond donors (Lipinski definition) is 0. The van der Waals surface area contributed by atoms with E-state index >= 15 is 0 Å². The summed E-state index contributed by atoms with van der Waals surface area (Å²) in [6.07, 6.45) is 0. The van der Waals surface area contributed by atoms with Crippen molar-refractivity contribution in [1.82, 2.24) is 0 Å². The van der Waals surface area contributed by atoms with Crippen LogP contribution in [0.4, 0.5) is 10.1 Å². The van der Waals surface area contributed by atoms with Gasteiger partial charge in [-0.15, -0.1) is 0 Å². The van der Waals surface area contributed by atoms with Gasteiger partial charge < -0.3 is 9.64 Å². The minimum absolute atomic E-state index is 0.154. The maximum atomic E-state index is 13.7. The summed E-state index contributed by atoms with van der Waals surface area (Å²) in [7, 11) is 1.57. The zero-order valence-electron chi connectivity index (χ0n) is 12.4. The van der Waals surface area contributed by atoms with Crippen molar-refractivity contribution in [2.24, 2.45) is 0 Å². The molecule has 0 heterocycles. The lowest BCUT2D eigenvalue weighted by atomic mass is 10.1. The first-order valence-electron chi connectivity index (χ1n) is 6.84. The van der Waals surface area contributed by atoms with Crippen LogP contribution in [0, 0.1) is 5.82 Å². The molecular weight excluding hydrogens is 285 g/mol. The topological polar surface area (TPSA) is 46.6 Å². The predicted octanol–water partition coefficient (Wildman–Crippen LogP) is 3.28. The van der Waals surface area contributed by atoms with Gasteiger partial charge in [-0.2, -0.15) is 0 Å². The van der Waals surface area contributed by atoms with E-state index < -0.39 is 11.8 Å². The summed E-state index contributed by atoms with van der Waals surface area (Å²) < 4.78 is 18.5. The Labute approximate surface area is 128 Å². The quantitative estimate of drug-likeness (QED) is 0.814. The number of nitrogens with zero attached hydrogens (tertiary/aromatic N) is 1. The maximum Gasteiger partial charge on any atom is 0.341 e. The molecule has 114 valence electrons. The van der Waals surface area contributed by atoms with E-state index in [0.29, 0.717) is 11.3 Å². The zero-order chi connectivity index (χ0) is 16.1. The standard InChI is InChI=1S/C17H16FNO3/c1-3-22-17(21)14-11-13(9-10-15(14)18)19(2)16(20)12-7-5-4-6-8-12/h4-11H,3H2,1-2H3. The monoisotopic (exact) mass is 301 g/mol. The highest BCUT2D eigenvalue weighted by atomic mass is 19.1. The first kappa shape index (κ1) is 15.7. The van der Waals surface area contributed by atoms with Gasteiger partial charge in [0.1, 0.15) is 5.82 Å². The molecule has 0 unspecified atom stereocenters. The number of hydrogen-bond acceptors (Lipinski definition) is 3. The molecule has 1 amide bonds. The van der Waals surface area contributed by atoms with Crippen LogP contribution >= 0.6 is 0 Å². The first-order valence-corrected chi connectivity index (χ1v) is 6.84. The summed E-state index contributed by atoms with van der Waals surface area (Å²) in [6, 6.07) is 12.6. The summed E-state index contributed by atoms with van der Waals surface area (Å²) in [4.78, 5) is 25.4. The smallest absolute Gasteiger partial charge is 0.341 e. The van der Waals surface area contributed by atoms with Gasteiger partial charge in [-0.05, 0) is 37.3 Å². The van der Waals surface area contributed by atoms with Crippen LogP contribution in [-0.4, -0.2) is 25.5 Å². The van der Waals surface area contributed by atoms with Gasteiger partial charge in [0.05, 0.1) is 12.2 Å². The third kappa shape index (κ3) is 3.31. The highest BCUT2D eigenvalue weighted by Gasteiger charge is 2.18. The van der Waals surface area contributed by atoms with Crippen LogP contribution < -0.4 is 4.90 Å². The summed E-state index contributed by atoms with van der Waals surface area (Å²) in [5, 5.41) is 0. The number of halogens is 1. The van der Waals surface area contributed by atoms with Crippen molar-refractivity contribution in [1.29, 1.82) is 0 Å². The summed E-state index contributed by atoms with van der Waals surface area (Å²) in [6.45, 7) is 1.80. The lowest BCUT2D eigenvalue weighted by Crippen LogP contribution is -2.26. The Bertz CT molecular complexity index is 686.